The van der Waals surface area contributed by atoms with Crippen molar-refractivity contribution in [2.24, 2.45) is 5.92 Å². The monoisotopic (exact) mass is 444 g/mol. The lowest BCUT2D eigenvalue weighted by Gasteiger charge is -2.32. The second-order valence-electron chi connectivity index (χ2n) is 7.61. The van der Waals surface area contributed by atoms with E-state index in [1.54, 1.807) is 23.1 Å². The summed E-state index contributed by atoms with van der Waals surface area (Å²) in [6.45, 7) is 1.76. The third kappa shape index (κ3) is 7.10. The molecule has 166 valence electrons. The molecule has 1 heterocycles. The molecule has 0 aliphatic carbocycles. The number of hydrogen-bond donors (Lipinski definition) is 1. The van der Waals surface area contributed by atoms with Gasteiger partial charge in [0, 0.05) is 26.1 Å². The SMILES string of the molecule is O=C(CCS(=O)(=O)c1ccccc1)NCC1CCN(C(=O)COc2ccccc2)CC1. The number of likely N-dealkylation sites (tertiary alicyclic amines) is 1. The molecule has 2 amide bonds. The van der Waals surface area contributed by atoms with Crippen LogP contribution < -0.4 is 10.1 Å². The third-order valence-electron chi connectivity index (χ3n) is 5.36. The van der Waals surface area contributed by atoms with Crippen LogP contribution >= 0.6 is 0 Å². The minimum atomic E-state index is -3.46. The van der Waals surface area contributed by atoms with Gasteiger partial charge in [-0.25, -0.2) is 8.42 Å². The Labute approximate surface area is 183 Å². The van der Waals surface area contributed by atoms with Crippen molar-refractivity contribution in [3.05, 3.63) is 60.7 Å². The number of ether oxygens (including phenoxy) is 1. The van der Waals surface area contributed by atoms with E-state index in [4.69, 9.17) is 4.74 Å². The lowest BCUT2D eigenvalue weighted by molar-refractivity contribution is -0.135. The van der Waals surface area contributed by atoms with E-state index < -0.39 is 9.84 Å². The van der Waals surface area contributed by atoms with E-state index in [0.717, 1.165) is 12.8 Å². The molecule has 8 heteroatoms. The number of hydrogen-bond acceptors (Lipinski definition) is 5. The Morgan fingerprint density at radius 2 is 1.58 bits per heavy atom. The molecule has 2 aromatic carbocycles. The summed E-state index contributed by atoms with van der Waals surface area (Å²) in [6, 6.07) is 17.4. The van der Waals surface area contributed by atoms with Gasteiger partial charge in [0.25, 0.3) is 5.91 Å². The summed E-state index contributed by atoms with van der Waals surface area (Å²) in [7, 11) is -3.46. The van der Waals surface area contributed by atoms with Gasteiger partial charge in [0.15, 0.2) is 16.4 Å². The fourth-order valence-corrected chi connectivity index (χ4v) is 4.72. The molecule has 0 unspecified atom stereocenters. The summed E-state index contributed by atoms with van der Waals surface area (Å²) in [6.07, 6.45) is 1.52. The van der Waals surface area contributed by atoms with E-state index in [0.29, 0.717) is 25.4 Å². The van der Waals surface area contributed by atoms with Gasteiger partial charge in [0.1, 0.15) is 5.75 Å². The van der Waals surface area contributed by atoms with Crippen LogP contribution in [0.25, 0.3) is 0 Å². The lowest BCUT2D eigenvalue weighted by atomic mass is 9.96. The van der Waals surface area contributed by atoms with Gasteiger partial charge in [-0.1, -0.05) is 36.4 Å². The van der Waals surface area contributed by atoms with E-state index in [1.165, 1.54) is 12.1 Å². The minimum Gasteiger partial charge on any atom is -0.484 e. The van der Waals surface area contributed by atoms with Crippen molar-refractivity contribution >= 4 is 21.7 Å². The maximum absolute atomic E-state index is 12.3. The molecule has 0 bridgehead atoms. The third-order valence-corrected chi connectivity index (χ3v) is 7.09. The Bertz CT molecular complexity index is 956. The van der Waals surface area contributed by atoms with Crippen LogP contribution in [0.15, 0.2) is 65.6 Å². The summed E-state index contributed by atoms with van der Waals surface area (Å²) < 4.78 is 30.0. The average molecular weight is 445 g/mol. The molecule has 0 radical (unpaired) electrons. The normalized spacial score (nSPS) is 14.8. The van der Waals surface area contributed by atoms with Crippen LogP contribution in [-0.4, -0.2) is 57.1 Å². The zero-order valence-corrected chi connectivity index (χ0v) is 18.2. The second-order valence-corrected chi connectivity index (χ2v) is 9.72. The zero-order chi connectivity index (χ0) is 22.1. The minimum absolute atomic E-state index is 0.0152. The molecule has 31 heavy (non-hydrogen) atoms. The van der Waals surface area contributed by atoms with Crippen molar-refractivity contribution in [3.8, 4) is 5.75 Å². The van der Waals surface area contributed by atoms with Crippen molar-refractivity contribution in [2.75, 3.05) is 32.0 Å². The van der Waals surface area contributed by atoms with Crippen LogP contribution in [0, 0.1) is 5.92 Å². The fourth-order valence-electron chi connectivity index (χ4n) is 3.46. The summed E-state index contributed by atoms with van der Waals surface area (Å²) in [5.41, 5.74) is 0. The van der Waals surface area contributed by atoms with Gasteiger partial charge in [-0.05, 0) is 43.0 Å². The van der Waals surface area contributed by atoms with Crippen LogP contribution in [0.5, 0.6) is 5.75 Å². The van der Waals surface area contributed by atoms with Gasteiger partial charge in [-0.15, -0.1) is 0 Å². The van der Waals surface area contributed by atoms with Crippen LogP contribution in [0.4, 0.5) is 0 Å². The van der Waals surface area contributed by atoms with Crippen molar-refractivity contribution in [1.82, 2.24) is 10.2 Å². The van der Waals surface area contributed by atoms with Gasteiger partial charge in [0.2, 0.25) is 5.91 Å². The number of rotatable bonds is 9. The molecule has 0 aromatic heterocycles. The number of carbonyl (C=O) groups is 2. The molecule has 1 fully saturated rings. The van der Waals surface area contributed by atoms with E-state index in [9.17, 15) is 18.0 Å². The van der Waals surface area contributed by atoms with Crippen LogP contribution in [-0.2, 0) is 19.4 Å². The standard InChI is InChI=1S/C23H28N2O5S/c26-22(13-16-31(28,29)21-9-5-2-6-10-21)24-17-19-11-14-25(15-12-19)23(27)18-30-20-7-3-1-4-8-20/h1-10,19H,11-18H2,(H,24,26). The summed E-state index contributed by atoms with van der Waals surface area (Å²) in [4.78, 5) is 26.4. The highest BCUT2D eigenvalue weighted by molar-refractivity contribution is 7.91. The Kier molecular flexibility index (Phi) is 8.06. The molecule has 1 N–H and O–H groups in total. The zero-order valence-electron chi connectivity index (χ0n) is 17.4. The molecule has 0 spiro atoms. The maximum atomic E-state index is 12.3. The molecule has 0 atom stereocenters. The highest BCUT2D eigenvalue weighted by Crippen LogP contribution is 2.17. The smallest absolute Gasteiger partial charge is 0.260 e. The van der Waals surface area contributed by atoms with Gasteiger partial charge in [-0.2, -0.15) is 0 Å². The van der Waals surface area contributed by atoms with E-state index >= 15 is 0 Å². The highest BCUT2D eigenvalue weighted by Gasteiger charge is 2.24. The Morgan fingerprint density at radius 1 is 0.968 bits per heavy atom. The van der Waals surface area contributed by atoms with E-state index in [2.05, 4.69) is 5.32 Å². The van der Waals surface area contributed by atoms with Crippen LogP contribution in [0.1, 0.15) is 19.3 Å². The van der Waals surface area contributed by atoms with Crippen molar-refractivity contribution < 1.29 is 22.7 Å². The van der Waals surface area contributed by atoms with Gasteiger partial charge in [-0.3, -0.25) is 9.59 Å². The van der Waals surface area contributed by atoms with Crippen molar-refractivity contribution in [2.45, 2.75) is 24.2 Å². The molecule has 0 saturated carbocycles. The van der Waals surface area contributed by atoms with E-state index in [-0.39, 0.29) is 41.4 Å². The summed E-state index contributed by atoms with van der Waals surface area (Å²) in [5.74, 6) is 0.417. The molecule has 3 rings (SSSR count). The van der Waals surface area contributed by atoms with Crippen molar-refractivity contribution in [1.29, 1.82) is 0 Å². The molecule has 7 nitrogen and oxygen atoms in total. The quantitative estimate of drug-likeness (QED) is 0.641. The second kappa shape index (κ2) is 10.9. The first-order chi connectivity index (χ1) is 14.9. The number of piperidine rings is 1. The number of carbonyl (C=O) groups excluding carboxylic acids is 2. The number of amides is 2. The highest BCUT2D eigenvalue weighted by atomic mass is 32.2. The number of sulfone groups is 1. The Balaban J connectivity index is 1.33. The first-order valence-electron chi connectivity index (χ1n) is 10.4. The first kappa shape index (κ1) is 22.8. The average Bonchev–Trinajstić information content (AvgIpc) is 2.81. The number of para-hydroxylation sites is 1. The predicted molar refractivity (Wildman–Crippen MR) is 117 cm³/mol. The molecule has 2 aromatic rings. The molecular formula is C23H28N2O5S. The largest absolute Gasteiger partial charge is 0.484 e. The van der Waals surface area contributed by atoms with Gasteiger partial charge >= 0.3 is 0 Å². The molecule has 1 saturated heterocycles. The van der Waals surface area contributed by atoms with E-state index in [1.807, 2.05) is 30.3 Å². The molecular weight excluding hydrogens is 416 g/mol. The topological polar surface area (TPSA) is 92.8 Å². The fraction of sp³-hybridized carbons (Fsp3) is 0.391. The summed E-state index contributed by atoms with van der Waals surface area (Å²) in [5, 5.41) is 2.84. The molecule has 1 aliphatic rings. The van der Waals surface area contributed by atoms with Gasteiger partial charge in [0.05, 0.1) is 10.6 Å². The Hall–Kier alpha value is -2.87. The number of benzene rings is 2. The number of nitrogens with zero attached hydrogens (tertiary/aromatic N) is 1. The number of nitrogens with one attached hydrogen (secondary N) is 1. The first-order valence-corrected chi connectivity index (χ1v) is 12.1. The Morgan fingerprint density at radius 3 is 2.23 bits per heavy atom. The lowest BCUT2D eigenvalue weighted by Crippen LogP contribution is -2.43. The van der Waals surface area contributed by atoms with Crippen molar-refractivity contribution in [3.63, 3.8) is 0 Å². The summed E-state index contributed by atoms with van der Waals surface area (Å²) >= 11 is 0. The van der Waals surface area contributed by atoms with Gasteiger partial charge < -0.3 is 15.0 Å². The maximum Gasteiger partial charge on any atom is 0.260 e. The predicted octanol–water partition coefficient (Wildman–Crippen LogP) is 2.28. The van der Waals surface area contributed by atoms with Crippen LogP contribution in [0.3, 0.4) is 0 Å². The van der Waals surface area contributed by atoms with Crippen LogP contribution in [0.2, 0.25) is 0 Å². The molecule has 1 aliphatic heterocycles.